The Hall–Kier alpha value is -0.900. The first-order chi connectivity index (χ1) is 9.10. The highest BCUT2D eigenvalue weighted by molar-refractivity contribution is 6.31. The fourth-order valence-electron chi connectivity index (χ4n) is 2.64. The van der Waals surface area contributed by atoms with Crippen LogP contribution >= 0.6 is 11.6 Å². The lowest BCUT2D eigenvalue weighted by atomic mass is 10.1. The Morgan fingerprint density at radius 1 is 1.42 bits per heavy atom. The summed E-state index contributed by atoms with van der Waals surface area (Å²) in [5.41, 5.74) is 0.707. The summed E-state index contributed by atoms with van der Waals surface area (Å²) in [6, 6.07) is 7.72. The molecule has 1 fully saturated rings. The Bertz CT molecular complexity index is 450. The van der Waals surface area contributed by atoms with Gasteiger partial charge in [-0.25, -0.2) is 0 Å². The first kappa shape index (κ1) is 14.5. The number of piperazine rings is 1. The molecular weight excluding hydrogens is 260 g/mol. The molecule has 0 N–H and O–H groups in total. The van der Waals surface area contributed by atoms with E-state index in [4.69, 9.17) is 11.6 Å². The summed E-state index contributed by atoms with van der Waals surface area (Å²) >= 11 is 5.92. The zero-order valence-electron chi connectivity index (χ0n) is 11.6. The van der Waals surface area contributed by atoms with Crippen LogP contribution in [0.25, 0.3) is 0 Å². The molecule has 0 radical (unpaired) electrons. The molecule has 3 nitrogen and oxygen atoms in total. The van der Waals surface area contributed by atoms with Crippen LogP contribution in [-0.4, -0.2) is 54.3 Å². The number of carbonyl (C=O) groups excluding carboxylic acids is 1. The minimum atomic E-state index is 0.152. The monoisotopic (exact) mass is 280 g/mol. The molecule has 0 aromatic heterocycles. The Morgan fingerprint density at radius 2 is 2.21 bits per heavy atom. The topological polar surface area (TPSA) is 23.6 Å². The summed E-state index contributed by atoms with van der Waals surface area (Å²) in [7, 11) is 0. The summed E-state index contributed by atoms with van der Waals surface area (Å²) in [4.78, 5) is 16.9. The van der Waals surface area contributed by atoms with Crippen molar-refractivity contribution in [3.63, 3.8) is 0 Å². The van der Waals surface area contributed by atoms with Gasteiger partial charge in [-0.1, -0.05) is 30.7 Å². The van der Waals surface area contributed by atoms with Crippen molar-refractivity contribution in [1.29, 1.82) is 0 Å². The van der Waals surface area contributed by atoms with Crippen molar-refractivity contribution in [3.8, 4) is 0 Å². The highest BCUT2D eigenvalue weighted by Gasteiger charge is 2.23. The molecule has 2 rings (SSSR count). The van der Waals surface area contributed by atoms with E-state index in [9.17, 15) is 4.79 Å². The highest BCUT2D eigenvalue weighted by atomic mass is 35.5. The molecule has 0 amide bonds. The van der Waals surface area contributed by atoms with Crippen LogP contribution in [0.4, 0.5) is 0 Å². The molecule has 0 aliphatic carbocycles. The Balaban J connectivity index is 1.93. The standard InChI is InChI=1S/C15H21ClN2O/c1-3-18-8-7-17(10-12(18)2)11-15(19)13-5-4-6-14(16)9-13/h4-6,9,12H,3,7-8,10-11H2,1-2H3. The number of likely N-dealkylation sites (N-methyl/N-ethyl adjacent to an activating group) is 1. The molecule has 1 aliphatic heterocycles. The quantitative estimate of drug-likeness (QED) is 0.792. The largest absolute Gasteiger partial charge is 0.298 e. The zero-order valence-corrected chi connectivity index (χ0v) is 12.4. The SMILES string of the molecule is CCN1CCN(CC(=O)c2cccc(Cl)c2)CC1C. The van der Waals surface area contributed by atoms with E-state index in [-0.39, 0.29) is 5.78 Å². The van der Waals surface area contributed by atoms with Crippen molar-refractivity contribution < 1.29 is 4.79 Å². The van der Waals surface area contributed by atoms with Gasteiger partial charge in [0.15, 0.2) is 5.78 Å². The zero-order chi connectivity index (χ0) is 13.8. The van der Waals surface area contributed by atoms with Gasteiger partial charge in [0, 0.05) is 36.3 Å². The second-order valence-corrected chi connectivity index (χ2v) is 5.58. The Kier molecular flexibility index (Phi) is 4.97. The minimum Gasteiger partial charge on any atom is -0.298 e. The second kappa shape index (κ2) is 6.51. The van der Waals surface area contributed by atoms with E-state index in [1.165, 1.54) is 0 Å². The van der Waals surface area contributed by atoms with Crippen LogP contribution in [0, 0.1) is 0 Å². The molecule has 19 heavy (non-hydrogen) atoms. The highest BCUT2D eigenvalue weighted by Crippen LogP contribution is 2.13. The van der Waals surface area contributed by atoms with E-state index in [1.807, 2.05) is 12.1 Å². The lowest BCUT2D eigenvalue weighted by molar-refractivity contribution is 0.0723. The average Bonchev–Trinajstić information content (AvgIpc) is 2.39. The molecule has 1 heterocycles. The molecule has 104 valence electrons. The van der Waals surface area contributed by atoms with Gasteiger partial charge in [0.05, 0.1) is 6.54 Å². The van der Waals surface area contributed by atoms with Gasteiger partial charge in [-0.15, -0.1) is 0 Å². The number of nitrogens with zero attached hydrogens (tertiary/aromatic N) is 2. The van der Waals surface area contributed by atoms with Gasteiger partial charge in [0.1, 0.15) is 0 Å². The molecule has 1 aromatic rings. The van der Waals surface area contributed by atoms with E-state index in [2.05, 4.69) is 23.6 Å². The third kappa shape index (κ3) is 3.78. The van der Waals surface area contributed by atoms with Crippen LogP contribution in [0.15, 0.2) is 24.3 Å². The van der Waals surface area contributed by atoms with Crippen LogP contribution in [0.2, 0.25) is 5.02 Å². The van der Waals surface area contributed by atoms with Gasteiger partial charge in [-0.2, -0.15) is 0 Å². The van der Waals surface area contributed by atoms with Crippen molar-refractivity contribution in [2.24, 2.45) is 0 Å². The molecule has 0 saturated carbocycles. The fraction of sp³-hybridized carbons (Fsp3) is 0.533. The first-order valence-corrected chi connectivity index (χ1v) is 7.23. The Labute approximate surface area is 120 Å². The number of hydrogen-bond donors (Lipinski definition) is 0. The lowest BCUT2D eigenvalue weighted by Crippen LogP contribution is -2.52. The summed E-state index contributed by atoms with van der Waals surface area (Å²) in [6.07, 6.45) is 0. The van der Waals surface area contributed by atoms with Crippen molar-refractivity contribution >= 4 is 17.4 Å². The molecule has 4 heteroatoms. The van der Waals surface area contributed by atoms with Gasteiger partial charge < -0.3 is 0 Å². The minimum absolute atomic E-state index is 0.152. The summed E-state index contributed by atoms with van der Waals surface area (Å²) in [5.74, 6) is 0.152. The predicted octanol–water partition coefficient (Wildman–Crippen LogP) is 2.55. The van der Waals surface area contributed by atoms with Gasteiger partial charge in [0.25, 0.3) is 0 Å². The van der Waals surface area contributed by atoms with Gasteiger partial charge in [-0.05, 0) is 25.6 Å². The fourth-order valence-corrected chi connectivity index (χ4v) is 2.83. The maximum Gasteiger partial charge on any atom is 0.176 e. The number of Topliss-reactive ketones (excluding diaryl/α,β-unsaturated/α-hetero) is 1. The van der Waals surface area contributed by atoms with E-state index in [0.717, 1.165) is 26.2 Å². The van der Waals surface area contributed by atoms with Crippen molar-refractivity contribution in [2.75, 3.05) is 32.7 Å². The molecule has 1 unspecified atom stereocenters. The van der Waals surface area contributed by atoms with E-state index in [1.54, 1.807) is 12.1 Å². The maximum absolute atomic E-state index is 12.2. The van der Waals surface area contributed by atoms with Crippen LogP contribution < -0.4 is 0 Å². The summed E-state index contributed by atoms with van der Waals surface area (Å²) < 4.78 is 0. The third-order valence-corrected chi connectivity index (χ3v) is 4.00. The number of carbonyl (C=O) groups is 1. The van der Waals surface area contributed by atoms with Crippen LogP contribution in [-0.2, 0) is 0 Å². The lowest BCUT2D eigenvalue weighted by Gasteiger charge is -2.39. The summed E-state index contributed by atoms with van der Waals surface area (Å²) in [5, 5.41) is 0.620. The van der Waals surface area contributed by atoms with Crippen molar-refractivity contribution in [2.45, 2.75) is 19.9 Å². The molecule has 0 spiro atoms. The van der Waals surface area contributed by atoms with Gasteiger partial charge in [-0.3, -0.25) is 14.6 Å². The van der Waals surface area contributed by atoms with Crippen molar-refractivity contribution in [1.82, 2.24) is 9.80 Å². The third-order valence-electron chi connectivity index (χ3n) is 3.77. The predicted molar refractivity (Wildman–Crippen MR) is 78.9 cm³/mol. The van der Waals surface area contributed by atoms with Crippen LogP contribution in [0.5, 0.6) is 0 Å². The van der Waals surface area contributed by atoms with Gasteiger partial charge >= 0.3 is 0 Å². The average molecular weight is 281 g/mol. The Morgan fingerprint density at radius 3 is 2.84 bits per heavy atom. The normalized spacial score (nSPS) is 21.5. The molecule has 1 aliphatic rings. The van der Waals surface area contributed by atoms with Crippen molar-refractivity contribution in [3.05, 3.63) is 34.9 Å². The molecule has 1 saturated heterocycles. The van der Waals surface area contributed by atoms with E-state index < -0.39 is 0 Å². The number of hydrogen-bond acceptors (Lipinski definition) is 3. The maximum atomic E-state index is 12.2. The number of halogens is 1. The molecule has 1 atom stereocenters. The van der Waals surface area contributed by atoms with Crippen LogP contribution in [0.3, 0.4) is 0 Å². The molecule has 1 aromatic carbocycles. The molecular formula is C15H21ClN2O. The number of benzene rings is 1. The second-order valence-electron chi connectivity index (χ2n) is 5.15. The molecule has 0 bridgehead atoms. The number of ketones is 1. The number of rotatable bonds is 4. The summed E-state index contributed by atoms with van der Waals surface area (Å²) in [6.45, 7) is 8.94. The van der Waals surface area contributed by atoms with E-state index >= 15 is 0 Å². The first-order valence-electron chi connectivity index (χ1n) is 6.85. The van der Waals surface area contributed by atoms with Gasteiger partial charge in [0.2, 0.25) is 0 Å². The van der Waals surface area contributed by atoms with Crippen LogP contribution in [0.1, 0.15) is 24.2 Å². The smallest absolute Gasteiger partial charge is 0.176 e. The van der Waals surface area contributed by atoms with E-state index in [0.29, 0.717) is 23.2 Å².